The highest BCUT2D eigenvalue weighted by molar-refractivity contribution is 5.69. The summed E-state index contributed by atoms with van der Waals surface area (Å²) >= 11 is 0. The zero-order valence-corrected chi connectivity index (χ0v) is 44.7. The van der Waals surface area contributed by atoms with Crippen molar-refractivity contribution in [3.8, 4) is 0 Å². The lowest BCUT2D eigenvalue weighted by atomic mass is 9.98. The molecule has 0 aliphatic carbocycles. The molecule has 2 aliphatic heterocycles. The minimum absolute atomic E-state index is 0.0572. The van der Waals surface area contributed by atoms with Crippen molar-refractivity contribution in [3.05, 3.63) is 60.8 Å². The van der Waals surface area contributed by atoms with Crippen molar-refractivity contribution in [2.24, 2.45) is 0 Å². The van der Waals surface area contributed by atoms with E-state index in [9.17, 15) is 40.5 Å². The number of aliphatic hydroxyl groups is 7. The van der Waals surface area contributed by atoms with E-state index in [2.05, 4.69) is 74.6 Å². The fourth-order valence-electron chi connectivity index (χ4n) is 8.72. The molecule has 0 aromatic carbocycles. The van der Waals surface area contributed by atoms with Gasteiger partial charge in [-0.2, -0.15) is 0 Å². The van der Waals surface area contributed by atoms with Crippen molar-refractivity contribution in [3.63, 3.8) is 0 Å². The highest BCUT2D eigenvalue weighted by Gasteiger charge is 2.47. The number of carbonyl (C=O) groups excluding carboxylic acids is 1. The third-order valence-corrected chi connectivity index (χ3v) is 13.3. The highest BCUT2D eigenvalue weighted by atomic mass is 16.7. The van der Waals surface area contributed by atoms with Crippen LogP contribution in [0.3, 0.4) is 0 Å². The van der Waals surface area contributed by atoms with Crippen molar-refractivity contribution in [1.82, 2.24) is 0 Å². The average molecular weight is 1020 g/mol. The lowest BCUT2D eigenvalue weighted by molar-refractivity contribution is -0.332. The van der Waals surface area contributed by atoms with Gasteiger partial charge < -0.3 is 64.2 Å². The summed E-state index contributed by atoms with van der Waals surface area (Å²) in [4.78, 5) is 13.1. The van der Waals surface area contributed by atoms with E-state index in [1.165, 1.54) is 89.9 Å². The fourth-order valence-corrected chi connectivity index (χ4v) is 8.72. The van der Waals surface area contributed by atoms with Gasteiger partial charge in [-0.15, -0.1) is 0 Å². The Bertz CT molecular complexity index is 1420. The number of rotatable bonds is 45. The molecule has 2 aliphatic rings. The molecule has 11 unspecified atom stereocenters. The van der Waals surface area contributed by atoms with Gasteiger partial charge in [-0.1, -0.05) is 197 Å². The number of hydrogen-bond donors (Lipinski definition) is 7. The van der Waals surface area contributed by atoms with Gasteiger partial charge in [0.1, 0.15) is 54.9 Å². The highest BCUT2D eigenvalue weighted by Crippen LogP contribution is 2.26. The molecule has 14 heteroatoms. The van der Waals surface area contributed by atoms with Crippen LogP contribution >= 0.6 is 0 Å². The van der Waals surface area contributed by atoms with Crippen LogP contribution in [0.2, 0.25) is 0 Å². The van der Waals surface area contributed by atoms with E-state index in [1.807, 2.05) is 0 Å². The molecular weight excluding hydrogens is 921 g/mol. The van der Waals surface area contributed by atoms with E-state index in [1.54, 1.807) is 0 Å². The molecule has 0 saturated carbocycles. The third kappa shape index (κ3) is 31.5. The van der Waals surface area contributed by atoms with Gasteiger partial charge in [0.25, 0.3) is 0 Å². The van der Waals surface area contributed by atoms with E-state index < -0.39 is 80.7 Å². The second kappa shape index (κ2) is 44.9. The number of esters is 1. The molecule has 0 spiro atoms. The summed E-state index contributed by atoms with van der Waals surface area (Å²) in [5, 5.41) is 72.3. The summed E-state index contributed by atoms with van der Waals surface area (Å²) < 4.78 is 34.4. The van der Waals surface area contributed by atoms with Gasteiger partial charge in [0.2, 0.25) is 0 Å². The minimum Gasteiger partial charge on any atom is -0.457 e. The van der Waals surface area contributed by atoms with Crippen molar-refractivity contribution in [1.29, 1.82) is 0 Å². The molecule has 2 fully saturated rings. The minimum atomic E-state index is -1.71. The predicted molar refractivity (Wildman–Crippen MR) is 284 cm³/mol. The first-order valence-electron chi connectivity index (χ1n) is 28.4. The van der Waals surface area contributed by atoms with Gasteiger partial charge in [-0.3, -0.25) is 4.79 Å². The lowest BCUT2D eigenvalue weighted by Crippen LogP contribution is -2.61. The largest absolute Gasteiger partial charge is 0.457 e. The molecule has 11 atom stereocenters. The molecule has 14 nitrogen and oxygen atoms in total. The monoisotopic (exact) mass is 1020 g/mol. The third-order valence-electron chi connectivity index (χ3n) is 13.3. The van der Waals surface area contributed by atoms with Crippen LogP contribution in [0, 0.1) is 0 Å². The molecule has 0 radical (unpaired) electrons. The van der Waals surface area contributed by atoms with Gasteiger partial charge in [-0.05, 0) is 57.8 Å². The van der Waals surface area contributed by atoms with Gasteiger partial charge >= 0.3 is 5.97 Å². The Morgan fingerprint density at radius 1 is 0.472 bits per heavy atom. The second-order valence-corrected chi connectivity index (χ2v) is 19.7. The summed E-state index contributed by atoms with van der Waals surface area (Å²) in [7, 11) is 0. The van der Waals surface area contributed by atoms with Crippen LogP contribution in [0.4, 0.5) is 0 Å². The molecule has 418 valence electrons. The van der Waals surface area contributed by atoms with Crippen LogP contribution < -0.4 is 0 Å². The maximum Gasteiger partial charge on any atom is 0.306 e. The Kier molecular flexibility index (Phi) is 41.1. The smallest absolute Gasteiger partial charge is 0.306 e. The Morgan fingerprint density at radius 3 is 1.42 bits per heavy atom. The number of allylic oxidation sites excluding steroid dienone is 10. The van der Waals surface area contributed by atoms with Crippen molar-refractivity contribution in [2.45, 2.75) is 268 Å². The second-order valence-electron chi connectivity index (χ2n) is 19.7. The maximum absolute atomic E-state index is 13.1. The molecule has 0 amide bonds. The normalized spacial score (nSPS) is 25.6. The summed E-state index contributed by atoms with van der Waals surface area (Å²) in [6.45, 7) is 3.58. The number of aliphatic hydroxyl groups excluding tert-OH is 7. The summed E-state index contributed by atoms with van der Waals surface area (Å²) in [6, 6.07) is 0. The molecular formula is C58H102O14. The summed E-state index contributed by atoms with van der Waals surface area (Å²) in [5.41, 5.74) is 0. The number of ether oxygens (including phenoxy) is 6. The van der Waals surface area contributed by atoms with Crippen molar-refractivity contribution >= 4 is 5.97 Å². The molecule has 0 bridgehead atoms. The SMILES string of the molecule is CC/C=C\C/C=C\C/C=C\C/C=C\C/C=C\CCCCCCCCCC(=O)OC(COCCCCCCCCCCCCCCCCC)COC1OC(COC2OC(CO)C(O)C(O)C2O)C(O)C(O)C1O. The first kappa shape index (κ1) is 65.8. The van der Waals surface area contributed by atoms with Crippen LogP contribution in [0.5, 0.6) is 0 Å². The van der Waals surface area contributed by atoms with Gasteiger partial charge in [0.15, 0.2) is 12.6 Å². The van der Waals surface area contributed by atoms with Crippen LogP contribution in [0.1, 0.15) is 200 Å². The van der Waals surface area contributed by atoms with Crippen molar-refractivity contribution in [2.75, 3.05) is 33.0 Å². The molecule has 2 heterocycles. The van der Waals surface area contributed by atoms with E-state index in [0.717, 1.165) is 83.5 Å². The first-order valence-corrected chi connectivity index (χ1v) is 28.4. The molecule has 0 aromatic rings. The van der Waals surface area contributed by atoms with Crippen LogP contribution in [-0.2, 0) is 33.2 Å². The number of hydrogen-bond acceptors (Lipinski definition) is 14. The van der Waals surface area contributed by atoms with E-state index >= 15 is 0 Å². The van der Waals surface area contributed by atoms with Crippen LogP contribution in [0.15, 0.2) is 60.8 Å². The van der Waals surface area contributed by atoms with Gasteiger partial charge in [-0.25, -0.2) is 0 Å². The predicted octanol–water partition coefficient (Wildman–Crippen LogP) is 9.69. The number of unbranched alkanes of at least 4 members (excludes halogenated alkanes) is 21. The molecule has 2 rings (SSSR count). The Balaban J connectivity index is 1.72. The molecule has 7 N–H and O–H groups in total. The topological polar surface area (TPSA) is 214 Å². The molecule has 2 saturated heterocycles. The zero-order valence-electron chi connectivity index (χ0n) is 44.7. The standard InChI is InChI=1S/C58H102O14/c1-3-5-7-9-11-13-15-17-19-20-21-22-23-24-25-26-27-29-31-33-35-37-39-41-50(60)70-47(44-67-42-40-38-36-34-32-30-28-18-16-14-12-10-8-6-4-2)45-68-57-56(66)54(64)52(62)49(72-57)46-69-58-55(65)53(63)51(61)48(43-59)71-58/h5,7,11,13,17,19,21-22,24-25,47-49,51-59,61-66H,3-4,6,8-10,12,14-16,18,20,23,26-46H2,1-2H3/b7-5-,13-11-,19-17-,22-21-,25-24-. The van der Waals surface area contributed by atoms with E-state index in [0.29, 0.717) is 13.0 Å². The summed E-state index contributed by atoms with van der Waals surface area (Å²) in [6.07, 6.45) is 38.4. The van der Waals surface area contributed by atoms with E-state index in [4.69, 9.17) is 28.4 Å². The summed E-state index contributed by atoms with van der Waals surface area (Å²) in [5.74, 6) is -0.386. The van der Waals surface area contributed by atoms with E-state index in [-0.39, 0.29) is 25.6 Å². The van der Waals surface area contributed by atoms with Gasteiger partial charge in [0, 0.05) is 13.0 Å². The fraction of sp³-hybridized carbons (Fsp3) is 0.810. The maximum atomic E-state index is 13.1. The van der Waals surface area contributed by atoms with Crippen molar-refractivity contribution < 1.29 is 69.0 Å². The van der Waals surface area contributed by atoms with Crippen LogP contribution in [-0.4, -0.2) is 142 Å². The Hall–Kier alpha value is -2.31. The quantitative estimate of drug-likeness (QED) is 0.0172. The first-order chi connectivity index (χ1) is 35.1. The Labute approximate surface area is 434 Å². The molecule has 72 heavy (non-hydrogen) atoms. The average Bonchev–Trinajstić information content (AvgIpc) is 3.38. The van der Waals surface area contributed by atoms with Gasteiger partial charge in [0.05, 0.1) is 26.4 Å². The number of carbonyl (C=O) groups is 1. The Morgan fingerprint density at radius 2 is 0.903 bits per heavy atom. The lowest BCUT2D eigenvalue weighted by Gasteiger charge is -2.42. The molecule has 0 aromatic heterocycles. The zero-order chi connectivity index (χ0) is 52.3. The van der Waals surface area contributed by atoms with Crippen LogP contribution in [0.25, 0.3) is 0 Å².